The third-order valence-electron chi connectivity index (χ3n) is 4.35. The maximum absolute atomic E-state index is 9.97. The third-order valence-corrected chi connectivity index (χ3v) is 6.73. The molecule has 5 heteroatoms. The number of alkyl halides is 1. The molecule has 0 saturated carbocycles. The fourth-order valence-electron chi connectivity index (χ4n) is 3.02. The van der Waals surface area contributed by atoms with Gasteiger partial charge in [0.25, 0.3) is 0 Å². The molecule has 0 fully saturated rings. The number of hydrogen-bond acceptors (Lipinski definition) is 3. The van der Waals surface area contributed by atoms with Gasteiger partial charge >= 0.3 is 0 Å². The highest BCUT2D eigenvalue weighted by atomic mass is 79.9. The van der Waals surface area contributed by atoms with Crippen LogP contribution < -0.4 is 5.32 Å². The van der Waals surface area contributed by atoms with Crippen molar-refractivity contribution in [3.8, 4) is 11.5 Å². The molecule has 3 nitrogen and oxygen atoms in total. The van der Waals surface area contributed by atoms with Gasteiger partial charge < -0.3 is 15.5 Å². The molecular formula is C18H21BrNO2S+. The topological polar surface area (TPSA) is 52.5 Å². The average molecular weight is 395 g/mol. The summed E-state index contributed by atoms with van der Waals surface area (Å²) in [6.07, 6.45) is 5.24. The second-order valence-corrected chi connectivity index (χ2v) is 9.53. The van der Waals surface area contributed by atoms with Gasteiger partial charge in [-0.25, -0.2) is 0 Å². The Bertz CT molecular complexity index is 718. The van der Waals surface area contributed by atoms with Crippen LogP contribution >= 0.6 is 15.9 Å². The van der Waals surface area contributed by atoms with E-state index in [1.165, 1.54) is 4.90 Å². The fourth-order valence-corrected chi connectivity index (χ4v) is 4.54. The van der Waals surface area contributed by atoms with E-state index in [-0.39, 0.29) is 22.4 Å². The molecule has 0 aromatic heterocycles. The van der Waals surface area contributed by atoms with Crippen LogP contribution in [-0.2, 0) is 21.6 Å². The molecule has 1 atom stereocenters. The first-order valence-corrected chi connectivity index (χ1v) is 10.4. The lowest BCUT2D eigenvalue weighted by molar-refractivity contribution is 0.402. The molecule has 2 aromatic carbocycles. The molecule has 0 aliphatic carbocycles. The molecule has 0 saturated heterocycles. The first-order valence-electron chi connectivity index (χ1n) is 7.55. The van der Waals surface area contributed by atoms with E-state index in [0.29, 0.717) is 0 Å². The fraction of sp³-hybridized carbons (Fsp3) is 0.333. The highest BCUT2D eigenvalue weighted by Gasteiger charge is 2.35. The quantitative estimate of drug-likeness (QED) is 0.416. The number of phenolic OH excluding ortho intramolecular Hbond substituents is 2. The van der Waals surface area contributed by atoms with Crippen molar-refractivity contribution in [2.75, 3.05) is 25.6 Å². The summed E-state index contributed by atoms with van der Waals surface area (Å²) in [6.45, 7) is 1.57. The van der Waals surface area contributed by atoms with Crippen molar-refractivity contribution in [3.05, 3.63) is 53.1 Å². The van der Waals surface area contributed by atoms with Gasteiger partial charge in [0.1, 0.15) is 12.5 Å². The van der Waals surface area contributed by atoms with Crippen molar-refractivity contribution in [1.29, 1.82) is 0 Å². The minimum absolute atomic E-state index is 0.0585. The van der Waals surface area contributed by atoms with Crippen LogP contribution in [-0.4, -0.2) is 35.8 Å². The highest BCUT2D eigenvalue weighted by Crippen LogP contribution is 2.44. The maximum atomic E-state index is 9.97. The van der Waals surface area contributed by atoms with E-state index in [1.54, 1.807) is 12.1 Å². The van der Waals surface area contributed by atoms with Crippen molar-refractivity contribution in [3.63, 3.8) is 0 Å². The number of fused-ring (bicyclic) bond motifs is 1. The van der Waals surface area contributed by atoms with Crippen LogP contribution in [0.2, 0.25) is 0 Å². The number of phenols is 2. The lowest BCUT2D eigenvalue weighted by atomic mass is 9.87. The smallest absolute Gasteiger partial charge is 0.157 e. The van der Waals surface area contributed by atoms with Gasteiger partial charge in [-0.05, 0) is 53.9 Å². The van der Waals surface area contributed by atoms with Crippen LogP contribution in [0.3, 0.4) is 0 Å². The molecule has 1 aliphatic rings. The van der Waals surface area contributed by atoms with Gasteiger partial charge in [-0.3, -0.25) is 0 Å². The Labute approximate surface area is 148 Å². The number of halogens is 1. The van der Waals surface area contributed by atoms with Gasteiger partial charge in [0.15, 0.2) is 16.4 Å². The third kappa shape index (κ3) is 3.10. The number of aromatic hydroxyl groups is 2. The van der Waals surface area contributed by atoms with Gasteiger partial charge in [-0.2, -0.15) is 0 Å². The predicted molar refractivity (Wildman–Crippen MR) is 100.0 cm³/mol. The number of hydrogen-bond donors (Lipinski definition) is 3. The zero-order valence-electron chi connectivity index (χ0n) is 13.3. The summed E-state index contributed by atoms with van der Waals surface area (Å²) in [6, 6.07) is 12.0. The molecule has 0 spiro atoms. The molecule has 1 heterocycles. The molecule has 2 aromatic rings. The van der Waals surface area contributed by atoms with E-state index in [0.717, 1.165) is 36.2 Å². The Morgan fingerprint density at radius 3 is 2.39 bits per heavy atom. The molecule has 0 bridgehead atoms. The summed E-state index contributed by atoms with van der Waals surface area (Å²) in [5.41, 5.74) is 3.21. The Kier molecular flexibility index (Phi) is 4.63. The maximum Gasteiger partial charge on any atom is 0.157 e. The van der Waals surface area contributed by atoms with Crippen molar-refractivity contribution >= 4 is 26.8 Å². The van der Waals surface area contributed by atoms with Crippen molar-refractivity contribution in [2.24, 2.45) is 0 Å². The lowest BCUT2D eigenvalue weighted by Gasteiger charge is -2.29. The highest BCUT2D eigenvalue weighted by molar-refractivity contribution is 9.09. The van der Waals surface area contributed by atoms with Crippen molar-refractivity contribution in [2.45, 2.75) is 15.6 Å². The van der Waals surface area contributed by atoms with Gasteiger partial charge in [0, 0.05) is 17.4 Å². The monoisotopic (exact) mass is 394 g/mol. The molecule has 0 radical (unpaired) electrons. The van der Waals surface area contributed by atoms with Crippen LogP contribution in [0, 0.1) is 0 Å². The van der Waals surface area contributed by atoms with Gasteiger partial charge in [-0.1, -0.05) is 28.1 Å². The van der Waals surface area contributed by atoms with Crippen LogP contribution in [0.25, 0.3) is 0 Å². The van der Waals surface area contributed by atoms with Gasteiger partial charge in [0.05, 0.1) is 4.32 Å². The lowest BCUT2D eigenvalue weighted by Crippen LogP contribution is -2.32. The van der Waals surface area contributed by atoms with Crippen LogP contribution in [0.5, 0.6) is 11.5 Å². The summed E-state index contributed by atoms with van der Waals surface area (Å²) in [5, 5.41) is 23.2. The summed E-state index contributed by atoms with van der Waals surface area (Å²) in [5.74, 6) is -0.133. The average Bonchev–Trinajstić information content (AvgIpc) is 2.69. The van der Waals surface area contributed by atoms with Crippen molar-refractivity contribution < 1.29 is 10.2 Å². The standard InChI is InChI=1S/C18H20BrNO2S/c1-23(2)14-5-3-13(4-6-14)18(19)11-20-8-7-12-9-16(21)17(22)10-15(12)18/h3-6,9-10,20H,7-8,11H2,1-2H3,(H-,21,22)/p+1. The molecule has 3 rings (SSSR count). The number of nitrogens with one attached hydrogen (secondary N) is 1. The zero-order valence-corrected chi connectivity index (χ0v) is 15.7. The van der Waals surface area contributed by atoms with E-state index in [1.807, 2.05) is 0 Å². The summed E-state index contributed by atoms with van der Waals surface area (Å²) in [4.78, 5) is 1.33. The Balaban J connectivity index is 2.12. The first kappa shape index (κ1) is 16.7. The second kappa shape index (κ2) is 6.38. The van der Waals surface area contributed by atoms with E-state index >= 15 is 0 Å². The first-order chi connectivity index (χ1) is 10.9. The largest absolute Gasteiger partial charge is 0.504 e. The molecule has 0 amide bonds. The van der Waals surface area contributed by atoms with Crippen molar-refractivity contribution in [1.82, 2.24) is 5.32 Å². The van der Waals surface area contributed by atoms with Crippen LogP contribution in [0.1, 0.15) is 16.7 Å². The number of rotatable bonds is 2. The summed E-state index contributed by atoms with van der Waals surface area (Å²) < 4.78 is -0.414. The SMILES string of the molecule is C[S+](C)c1ccc(C2(Br)CNCCc3cc(O)c(O)cc32)cc1. The Morgan fingerprint density at radius 1 is 1.09 bits per heavy atom. The van der Waals surface area contributed by atoms with Crippen LogP contribution in [0.15, 0.2) is 41.3 Å². The Morgan fingerprint density at radius 2 is 1.74 bits per heavy atom. The van der Waals surface area contributed by atoms with Crippen LogP contribution in [0.4, 0.5) is 0 Å². The Hall–Kier alpha value is -1.17. The molecule has 122 valence electrons. The minimum atomic E-state index is -0.414. The van der Waals surface area contributed by atoms with Gasteiger partial charge in [0.2, 0.25) is 0 Å². The number of benzene rings is 2. The minimum Gasteiger partial charge on any atom is -0.504 e. The second-order valence-electron chi connectivity index (χ2n) is 6.07. The summed E-state index contributed by atoms with van der Waals surface area (Å²) >= 11 is 3.92. The predicted octanol–water partition coefficient (Wildman–Crippen LogP) is 3.12. The van der Waals surface area contributed by atoms with Gasteiger partial charge in [-0.15, -0.1) is 0 Å². The molecule has 23 heavy (non-hydrogen) atoms. The molecule has 1 unspecified atom stereocenters. The molecule has 1 aliphatic heterocycles. The van der Waals surface area contributed by atoms with E-state index in [9.17, 15) is 10.2 Å². The summed E-state index contributed by atoms with van der Waals surface area (Å²) in [7, 11) is 0.235. The molecular weight excluding hydrogens is 374 g/mol. The zero-order chi connectivity index (χ0) is 16.6. The van der Waals surface area contributed by atoms with E-state index in [4.69, 9.17) is 0 Å². The van der Waals surface area contributed by atoms with E-state index in [2.05, 4.69) is 58.0 Å². The normalized spacial score (nSPS) is 21.0. The molecule has 3 N–H and O–H groups in total. The van der Waals surface area contributed by atoms with E-state index < -0.39 is 4.32 Å².